The highest BCUT2D eigenvalue weighted by molar-refractivity contribution is 7.90. The van der Waals surface area contributed by atoms with E-state index >= 15 is 0 Å². The number of amides is 1. The van der Waals surface area contributed by atoms with Crippen molar-refractivity contribution in [1.29, 1.82) is 0 Å². The first-order valence-corrected chi connectivity index (χ1v) is 17.8. The summed E-state index contributed by atoms with van der Waals surface area (Å²) in [4.78, 5) is 27.4. The van der Waals surface area contributed by atoms with Gasteiger partial charge in [0, 0.05) is 42.0 Å². The molecule has 1 N–H and O–H groups in total. The number of nitrogens with one attached hydrogen (secondary N) is 1. The average molecular weight is 732 g/mol. The zero-order chi connectivity index (χ0) is 36.6. The molecule has 2 aromatic carbocycles. The summed E-state index contributed by atoms with van der Waals surface area (Å²) in [6.07, 6.45) is -1.13. The second kappa shape index (κ2) is 13.7. The molecule has 268 valence electrons. The summed E-state index contributed by atoms with van der Waals surface area (Å²) < 4.78 is 83.2. The molecule has 1 fully saturated rings. The number of anilines is 1. The molecule has 7 rings (SSSR count). The fourth-order valence-electron chi connectivity index (χ4n) is 6.17. The molecular weight excluding hydrogens is 700 g/mol. The Morgan fingerprint density at radius 2 is 1.73 bits per heavy atom. The van der Waals surface area contributed by atoms with Crippen LogP contribution < -0.4 is 5.32 Å². The van der Waals surface area contributed by atoms with Crippen molar-refractivity contribution < 1.29 is 35.6 Å². The van der Waals surface area contributed by atoms with Crippen molar-refractivity contribution in [2.45, 2.75) is 56.5 Å². The summed E-state index contributed by atoms with van der Waals surface area (Å²) in [6, 6.07) is 19.2. The number of aromatic nitrogens is 5. The minimum absolute atomic E-state index is 0.0914. The van der Waals surface area contributed by atoms with Gasteiger partial charge in [0.25, 0.3) is 10.0 Å². The monoisotopic (exact) mass is 731 g/mol. The van der Waals surface area contributed by atoms with E-state index in [0.717, 1.165) is 15.7 Å². The summed E-state index contributed by atoms with van der Waals surface area (Å²) in [5.74, 6) is -0.128. The van der Waals surface area contributed by atoms with Crippen LogP contribution in [-0.2, 0) is 27.5 Å². The lowest BCUT2D eigenvalue weighted by Gasteiger charge is -2.37. The van der Waals surface area contributed by atoms with Gasteiger partial charge in [0.05, 0.1) is 27.5 Å². The van der Waals surface area contributed by atoms with Crippen LogP contribution in [0, 0.1) is 6.92 Å². The number of ether oxygens (including phenoxy) is 1. The van der Waals surface area contributed by atoms with Gasteiger partial charge in [-0.3, -0.25) is 0 Å². The lowest BCUT2D eigenvalue weighted by Crippen LogP contribution is -2.50. The molecule has 0 bridgehead atoms. The Hall–Kier alpha value is -5.77. The number of alkyl halides is 3. The molecule has 2 atom stereocenters. The van der Waals surface area contributed by atoms with E-state index in [1.807, 2.05) is 37.3 Å². The predicted octanol–water partition coefficient (Wildman–Crippen LogP) is 7.31. The Bertz CT molecular complexity index is 2350. The third-order valence-electron chi connectivity index (χ3n) is 8.95. The third-order valence-corrected chi connectivity index (χ3v) is 10.6. The van der Waals surface area contributed by atoms with Crippen LogP contribution >= 0.6 is 0 Å². The van der Waals surface area contributed by atoms with Crippen molar-refractivity contribution in [1.82, 2.24) is 29.0 Å². The van der Waals surface area contributed by atoms with Crippen LogP contribution in [0.5, 0.6) is 0 Å². The van der Waals surface area contributed by atoms with Crippen LogP contribution in [0.4, 0.5) is 23.9 Å². The fourth-order valence-corrected chi connectivity index (χ4v) is 7.51. The van der Waals surface area contributed by atoms with E-state index in [4.69, 9.17) is 9.26 Å². The van der Waals surface area contributed by atoms with Gasteiger partial charge in [-0.05, 0) is 56.5 Å². The molecule has 0 radical (unpaired) electrons. The Kier molecular flexibility index (Phi) is 9.16. The number of fused-ring (bicyclic) bond motifs is 1. The number of hydrogen-bond donors (Lipinski definition) is 1. The largest absolute Gasteiger partial charge is 0.445 e. The number of carbonyl (C=O) groups is 1. The highest BCUT2D eigenvalue weighted by Gasteiger charge is 2.38. The zero-order valence-electron chi connectivity index (χ0n) is 27.9. The second-order valence-electron chi connectivity index (χ2n) is 12.5. The smallest absolute Gasteiger partial charge is 0.419 e. The molecule has 5 heterocycles. The fraction of sp³-hybridized carbons (Fsp3) is 0.250. The van der Waals surface area contributed by atoms with Crippen LogP contribution in [-0.4, -0.2) is 62.1 Å². The minimum atomic E-state index is -4.90. The molecule has 16 heteroatoms. The molecular formula is C36H32F3N7O5S. The summed E-state index contributed by atoms with van der Waals surface area (Å²) >= 11 is 0. The first kappa shape index (κ1) is 34.7. The molecule has 1 amide bonds. The van der Waals surface area contributed by atoms with Crippen LogP contribution in [0.15, 0.2) is 101 Å². The standard InChI is InChI=1S/C36H32F3N7O5S/c1-22-13-14-25(18-45(22)35(47)50-20-24-9-5-3-6-10-24)41-34-40-17-30(36(37,38)39)32(43-34)28-19-46(52(48,49)26-11-7-4-8-12-26)33-27(28)15-16-31(42-33)29-21-51-44-23(29)2/h3-12,15-17,19,21-22,25H,13-14,18,20H2,1-2H3,(H,40,41,43)/t22-,25-/m1/s1. The Labute approximate surface area is 296 Å². The van der Waals surface area contributed by atoms with E-state index in [9.17, 15) is 26.4 Å². The number of likely N-dealkylation sites (tertiary alicyclic amines) is 1. The minimum Gasteiger partial charge on any atom is -0.445 e. The molecule has 12 nitrogen and oxygen atoms in total. The van der Waals surface area contributed by atoms with E-state index in [0.29, 0.717) is 36.0 Å². The van der Waals surface area contributed by atoms with Crippen LogP contribution in [0.1, 0.15) is 36.6 Å². The van der Waals surface area contributed by atoms with Gasteiger partial charge in [-0.1, -0.05) is 53.7 Å². The summed E-state index contributed by atoms with van der Waals surface area (Å²) in [7, 11) is -4.35. The number of rotatable bonds is 8. The number of halogens is 3. The van der Waals surface area contributed by atoms with E-state index in [1.54, 1.807) is 36.1 Å². The molecule has 1 aliphatic rings. The van der Waals surface area contributed by atoms with Gasteiger partial charge in [0.1, 0.15) is 18.4 Å². The quantitative estimate of drug-likeness (QED) is 0.169. The maximum absolute atomic E-state index is 14.6. The van der Waals surface area contributed by atoms with Gasteiger partial charge in [0.15, 0.2) is 5.65 Å². The van der Waals surface area contributed by atoms with E-state index in [1.165, 1.54) is 24.5 Å². The maximum atomic E-state index is 14.6. The number of nitrogens with zero attached hydrogens (tertiary/aromatic N) is 6. The van der Waals surface area contributed by atoms with E-state index < -0.39 is 39.6 Å². The molecule has 52 heavy (non-hydrogen) atoms. The van der Waals surface area contributed by atoms with Gasteiger partial charge < -0.3 is 19.5 Å². The van der Waals surface area contributed by atoms with E-state index in [-0.39, 0.29) is 46.6 Å². The molecule has 1 aliphatic heterocycles. The van der Waals surface area contributed by atoms with E-state index in [2.05, 4.69) is 25.4 Å². The van der Waals surface area contributed by atoms with Crippen molar-refractivity contribution in [2.75, 3.05) is 11.9 Å². The number of benzene rings is 2. The first-order chi connectivity index (χ1) is 24.9. The van der Waals surface area contributed by atoms with Gasteiger partial charge in [-0.2, -0.15) is 13.2 Å². The zero-order valence-corrected chi connectivity index (χ0v) is 28.7. The molecule has 0 unspecified atom stereocenters. The SMILES string of the molecule is Cc1nocc1-c1ccc2c(-c3nc(N[C@@H]4CC[C@@H](C)N(C(=O)OCc5ccccc5)C4)ncc3C(F)(F)F)cn(S(=O)(=O)c3ccccc3)c2n1. The number of hydrogen-bond acceptors (Lipinski definition) is 10. The van der Waals surface area contributed by atoms with Crippen LogP contribution in [0.25, 0.3) is 33.5 Å². The Balaban J connectivity index is 1.26. The first-order valence-electron chi connectivity index (χ1n) is 16.3. The van der Waals surface area contributed by atoms with Crippen molar-refractivity contribution in [3.05, 3.63) is 108 Å². The second-order valence-corrected chi connectivity index (χ2v) is 14.3. The molecule has 0 aliphatic carbocycles. The van der Waals surface area contributed by atoms with Crippen LogP contribution in [0.2, 0.25) is 0 Å². The van der Waals surface area contributed by atoms with Crippen molar-refractivity contribution in [3.63, 3.8) is 0 Å². The van der Waals surface area contributed by atoms with Crippen molar-refractivity contribution in [3.8, 4) is 22.5 Å². The highest BCUT2D eigenvalue weighted by Crippen LogP contribution is 2.41. The number of piperidine rings is 1. The van der Waals surface area contributed by atoms with Crippen molar-refractivity contribution in [2.24, 2.45) is 0 Å². The van der Waals surface area contributed by atoms with Gasteiger partial charge in [-0.25, -0.2) is 32.1 Å². The number of aryl methyl sites for hydroxylation is 1. The van der Waals surface area contributed by atoms with Gasteiger partial charge in [-0.15, -0.1) is 0 Å². The molecule has 0 saturated carbocycles. The third kappa shape index (κ3) is 6.80. The molecule has 1 saturated heterocycles. The number of pyridine rings is 1. The Morgan fingerprint density at radius 3 is 2.42 bits per heavy atom. The lowest BCUT2D eigenvalue weighted by atomic mass is 10.00. The molecule has 0 spiro atoms. The topological polar surface area (TPSA) is 145 Å². The molecule has 6 aromatic rings. The van der Waals surface area contributed by atoms with Crippen LogP contribution in [0.3, 0.4) is 0 Å². The van der Waals surface area contributed by atoms with Gasteiger partial charge in [0.2, 0.25) is 5.95 Å². The summed E-state index contributed by atoms with van der Waals surface area (Å²) in [6.45, 7) is 3.86. The Morgan fingerprint density at radius 1 is 1.00 bits per heavy atom. The average Bonchev–Trinajstić information content (AvgIpc) is 3.75. The summed E-state index contributed by atoms with van der Waals surface area (Å²) in [5.41, 5.74) is 0.145. The van der Waals surface area contributed by atoms with Gasteiger partial charge >= 0.3 is 12.3 Å². The lowest BCUT2D eigenvalue weighted by molar-refractivity contribution is -0.137. The predicted molar refractivity (Wildman–Crippen MR) is 184 cm³/mol. The molecule has 4 aromatic heterocycles. The normalized spacial score (nSPS) is 16.6. The van der Waals surface area contributed by atoms with Crippen molar-refractivity contribution >= 4 is 33.1 Å². The summed E-state index contributed by atoms with van der Waals surface area (Å²) in [5, 5.41) is 7.06. The number of carbonyl (C=O) groups excluding carboxylic acids is 1. The maximum Gasteiger partial charge on any atom is 0.419 e. The highest BCUT2D eigenvalue weighted by atomic mass is 32.2.